The summed E-state index contributed by atoms with van der Waals surface area (Å²) >= 11 is 0. The van der Waals surface area contributed by atoms with E-state index in [1.54, 1.807) is 18.2 Å². The number of carbonyl (C=O) groups excluding carboxylic acids is 1. The Morgan fingerprint density at radius 2 is 2.07 bits per heavy atom. The Morgan fingerprint density at radius 3 is 2.83 bits per heavy atom. The highest BCUT2D eigenvalue weighted by Gasteiger charge is 2.15. The SMILES string of the molecule is Cc1cccn2cc(COc3ccccc3C(=O)Nc3cc(C(C)C)[nH]n3)nc12. The number of H-pyrrole nitrogens is 1. The molecule has 4 aromatic rings. The summed E-state index contributed by atoms with van der Waals surface area (Å²) < 4.78 is 7.90. The van der Waals surface area contributed by atoms with E-state index in [0.717, 1.165) is 22.6 Å². The molecule has 148 valence electrons. The maximum Gasteiger partial charge on any atom is 0.260 e. The molecular weight excluding hydrogens is 366 g/mol. The third-order valence-electron chi connectivity index (χ3n) is 4.70. The first-order valence-electron chi connectivity index (χ1n) is 9.53. The average Bonchev–Trinajstić information content (AvgIpc) is 3.34. The van der Waals surface area contributed by atoms with E-state index in [4.69, 9.17) is 4.74 Å². The second-order valence-electron chi connectivity index (χ2n) is 7.26. The normalized spacial score (nSPS) is 11.2. The fourth-order valence-corrected chi connectivity index (χ4v) is 3.09. The van der Waals surface area contributed by atoms with Gasteiger partial charge < -0.3 is 14.5 Å². The first-order valence-corrected chi connectivity index (χ1v) is 9.53. The Kier molecular flexibility index (Phi) is 5.03. The first kappa shape index (κ1) is 18.7. The molecule has 1 aromatic carbocycles. The number of imidazole rings is 1. The summed E-state index contributed by atoms with van der Waals surface area (Å²) in [6, 6.07) is 13.0. The van der Waals surface area contributed by atoms with Crippen LogP contribution in [-0.2, 0) is 6.61 Å². The van der Waals surface area contributed by atoms with Crippen molar-refractivity contribution in [3.05, 3.63) is 77.4 Å². The molecule has 1 amide bonds. The summed E-state index contributed by atoms with van der Waals surface area (Å²) in [7, 11) is 0. The number of hydrogen-bond donors (Lipinski definition) is 2. The minimum absolute atomic E-state index is 0.269. The molecule has 3 heterocycles. The van der Waals surface area contributed by atoms with E-state index < -0.39 is 0 Å². The second kappa shape index (κ2) is 7.79. The van der Waals surface area contributed by atoms with Crippen molar-refractivity contribution in [3.63, 3.8) is 0 Å². The topological polar surface area (TPSA) is 84.3 Å². The first-order chi connectivity index (χ1) is 14.0. The Labute approximate surface area is 168 Å². The van der Waals surface area contributed by atoms with Crippen molar-refractivity contribution in [3.8, 4) is 5.75 Å². The van der Waals surface area contributed by atoms with Crippen LogP contribution in [0.2, 0.25) is 0 Å². The highest BCUT2D eigenvalue weighted by molar-refractivity contribution is 6.05. The fraction of sp³-hybridized carbons (Fsp3) is 0.227. The van der Waals surface area contributed by atoms with Crippen molar-refractivity contribution in [1.82, 2.24) is 19.6 Å². The molecule has 29 heavy (non-hydrogen) atoms. The summed E-state index contributed by atoms with van der Waals surface area (Å²) in [6.07, 6.45) is 3.89. The largest absolute Gasteiger partial charge is 0.486 e. The molecular formula is C22H23N5O2. The van der Waals surface area contributed by atoms with Gasteiger partial charge in [-0.2, -0.15) is 5.10 Å². The van der Waals surface area contributed by atoms with E-state index in [1.807, 2.05) is 48.0 Å². The highest BCUT2D eigenvalue weighted by atomic mass is 16.5. The van der Waals surface area contributed by atoms with Gasteiger partial charge in [-0.05, 0) is 36.6 Å². The Bertz CT molecular complexity index is 1160. The van der Waals surface area contributed by atoms with Gasteiger partial charge in [0.15, 0.2) is 5.82 Å². The zero-order valence-corrected chi connectivity index (χ0v) is 16.6. The van der Waals surface area contributed by atoms with E-state index in [2.05, 4.69) is 34.3 Å². The van der Waals surface area contributed by atoms with Crippen molar-refractivity contribution < 1.29 is 9.53 Å². The average molecular weight is 389 g/mol. The van der Waals surface area contributed by atoms with Crippen LogP contribution in [0.4, 0.5) is 5.82 Å². The summed E-state index contributed by atoms with van der Waals surface area (Å²) in [5.74, 6) is 1.02. The Balaban J connectivity index is 1.49. The summed E-state index contributed by atoms with van der Waals surface area (Å²) in [5, 5.41) is 9.90. The number of aryl methyl sites for hydroxylation is 1. The molecule has 0 aliphatic heterocycles. The van der Waals surface area contributed by atoms with Crippen molar-refractivity contribution in [2.45, 2.75) is 33.3 Å². The van der Waals surface area contributed by atoms with Crippen LogP contribution in [0.25, 0.3) is 5.65 Å². The number of carbonyl (C=O) groups is 1. The number of fused-ring (bicyclic) bond motifs is 1. The molecule has 7 nitrogen and oxygen atoms in total. The Hall–Kier alpha value is -3.61. The smallest absolute Gasteiger partial charge is 0.260 e. The van der Waals surface area contributed by atoms with Crippen LogP contribution in [0.15, 0.2) is 54.9 Å². The second-order valence-corrected chi connectivity index (χ2v) is 7.26. The third-order valence-corrected chi connectivity index (χ3v) is 4.70. The van der Waals surface area contributed by atoms with Gasteiger partial charge in [0, 0.05) is 24.2 Å². The molecule has 7 heteroatoms. The molecule has 2 N–H and O–H groups in total. The molecule has 0 fully saturated rings. The molecule has 0 aliphatic rings. The quantitative estimate of drug-likeness (QED) is 0.514. The van der Waals surface area contributed by atoms with Gasteiger partial charge in [-0.3, -0.25) is 9.89 Å². The zero-order valence-electron chi connectivity index (χ0n) is 16.6. The number of nitrogens with one attached hydrogen (secondary N) is 2. The molecule has 0 atom stereocenters. The lowest BCUT2D eigenvalue weighted by molar-refractivity contribution is 0.102. The molecule has 0 bridgehead atoms. The van der Waals surface area contributed by atoms with E-state index in [1.165, 1.54) is 0 Å². The number of benzene rings is 1. The monoisotopic (exact) mass is 389 g/mol. The standard InChI is InChI=1S/C22H23N5O2/c1-14(2)18-11-20(26-25-18)24-22(28)17-8-4-5-9-19(17)29-13-16-12-27-10-6-7-15(3)21(27)23-16/h4-12,14H,13H2,1-3H3,(H2,24,25,26,28). The lowest BCUT2D eigenvalue weighted by Crippen LogP contribution is -2.14. The molecule has 3 aromatic heterocycles. The van der Waals surface area contributed by atoms with Crippen LogP contribution >= 0.6 is 0 Å². The highest BCUT2D eigenvalue weighted by Crippen LogP contribution is 2.22. The summed E-state index contributed by atoms with van der Waals surface area (Å²) in [4.78, 5) is 17.4. The predicted octanol–water partition coefficient (Wildman–Crippen LogP) is 4.32. The predicted molar refractivity (Wildman–Crippen MR) is 111 cm³/mol. The molecule has 0 unspecified atom stereocenters. The van der Waals surface area contributed by atoms with Gasteiger partial charge in [0.05, 0.1) is 11.3 Å². The van der Waals surface area contributed by atoms with Gasteiger partial charge in [-0.1, -0.05) is 32.0 Å². The van der Waals surface area contributed by atoms with Crippen LogP contribution in [0.5, 0.6) is 5.75 Å². The molecule has 4 rings (SSSR count). The van der Waals surface area contributed by atoms with Crippen LogP contribution in [-0.4, -0.2) is 25.5 Å². The molecule has 0 saturated carbocycles. The van der Waals surface area contributed by atoms with Crippen molar-refractivity contribution in [1.29, 1.82) is 0 Å². The van der Waals surface area contributed by atoms with Gasteiger partial charge in [0.2, 0.25) is 0 Å². The number of amides is 1. The van der Waals surface area contributed by atoms with E-state index >= 15 is 0 Å². The van der Waals surface area contributed by atoms with E-state index in [9.17, 15) is 4.79 Å². The van der Waals surface area contributed by atoms with Crippen LogP contribution in [0, 0.1) is 6.92 Å². The molecule has 0 aliphatic carbocycles. The minimum atomic E-state index is -0.270. The van der Waals surface area contributed by atoms with Gasteiger partial charge in [-0.25, -0.2) is 4.98 Å². The summed E-state index contributed by atoms with van der Waals surface area (Å²) in [5.41, 5.74) is 4.20. The number of rotatable bonds is 6. The molecule has 0 spiro atoms. The van der Waals surface area contributed by atoms with Crippen molar-refractivity contribution >= 4 is 17.4 Å². The van der Waals surface area contributed by atoms with Crippen LogP contribution in [0.3, 0.4) is 0 Å². The number of para-hydroxylation sites is 1. The number of nitrogens with zero attached hydrogens (tertiary/aromatic N) is 3. The lowest BCUT2D eigenvalue weighted by Gasteiger charge is -2.10. The van der Waals surface area contributed by atoms with Gasteiger partial charge in [0.1, 0.15) is 18.0 Å². The summed E-state index contributed by atoms with van der Waals surface area (Å²) in [6.45, 7) is 6.41. The number of aromatic nitrogens is 4. The van der Waals surface area contributed by atoms with Gasteiger partial charge in [-0.15, -0.1) is 0 Å². The third kappa shape index (κ3) is 3.99. The van der Waals surface area contributed by atoms with Gasteiger partial charge in [0.25, 0.3) is 5.91 Å². The fourth-order valence-electron chi connectivity index (χ4n) is 3.09. The van der Waals surface area contributed by atoms with Crippen LogP contribution < -0.4 is 10.1 Å². The lowest BCUT2D eigenvalue weighted by atomic mass is 10.1. The van der Waals surface area contributed by atoms with Crippen molar-refractivity contribution in [2.75, 3.05) is 5.32 Å². The van der Waals surface area contributed by atoms with E-state index in [-0.39, 0.29) is 12.5 Å². The van der Waals surface area contributed by atoms with Gasteiger partial charge >= 0.3 is 0 Å². The van der Waals surface area contributed by atoms with Crippen LogP contribution in [0.1, 0.15) is 47.1 Å². The molecule has 0 saturated heterocycles. The number of pyridine rings is 1. The maximum atomic E-state index is 12.7. The van der Waals surface area contributed by atoms with E-state index in [0.29, 0.717) is 23.0 Å². The number of ether oxygens (including phenoxy) is 1. The molecule has 0 radical (unpaired) electrons. The number of hydrogen-bond acceptors (Lipinski definition) is 4. The van der Waals surface area contributed by atoms with Crippen molar-refractivity contribution in [2.24, 2.45) is 0 Å². The Morgan fingerprint density at radius 1 is 1.24 bits per heavy atom. The maximum absolute atomic E-state index is 12.7. The minimum Gasteiger partial charge on any atom is -0.486 e. The zero-order chi connectivity index (χ0) is 20.4. The number of aromatic amines is 1. The number of anilines is 1.